The number of nitriles is 1. The van der Waals surface area contributed by atoms with E-state index in [1.54, 1.807) is 0 Å². The van der Waals surface area contributed by atoms with Crippen molar-refractivity contribution in [1.82, 2.24) is 4.57 Å². The Morgan fingerprint density at radius 3 is 1.95 bits per heavy atom. The third kappa shape index (κ3) is 4.38. The number of para-hydroxylation sites is 1. The lowest BCUT2D eigenvalue weighted by Crippen LogP contribution is -1.96. The van der Waals surface area contributed by atoms with E-state index in [9.17, 15) is 5.26 Å². The maximum Gasteiger partial charge on any atom is 0.0992 e. The monoisotopic (exact) mass is 561 g/mol. The van der Waals surface area contributed by atoms with Crippen LogP contribution in [0.4, 0.5) is 11.4 Å². The van der Waals surface area contributed by atoms with Crippen molar-refractivity contribution in [3.8, 4) is 34.0 Å². The predicted octanol–water partition coefficient (Wildman–Crippen LogP) is 10.9. The van der Waals surface area contributed by atoms with Gasteiger partial charge in [0.25, 0.3) is 0 Å². The maximum absolute atomic E-state index is 9.58. The maximum atomic E-state index is 9.58. The van der Waals surface area contributed by atoms with E-state index >= 15 is 0 Å². The predicted molar refractivity (Wildman–Crippen MR) is 184 cm³/mol. The van der Waals surface area contributed by atoms with Crippen LogP contribution >= 0.6 is 0 Å². The van der Waals surface area contributed by atoms with Crippen molar-refractivity contribution in [1.29, 1.82) is 5.26 Å². The summed E-state index contributed by atoms with van der Waals surface area (Å²) in [5.41, 5.74) is 10.7. The van der Waals surface area contributed by atoms with Crippen LogP contribution in [0.3, 0.4) is 0 Å². The molecule has 1 N–H and O–H groups in total. The Bertz CT molecular complexity index is 2350. The van der Waals surface area contributed by atoms with Crippen molar-refractivity contribution in [3.05, 3.63) is 163 Å². The zero-order valence-corrected chi connectivity index (χ0v) is 23.9. The van der Waals surface area contributed by atoms with E-state index in [0.717, 1.165) is 33.5 Å². The van der Waals surface area contributed by atoms with Gasteiger partial charge in [0.05, 0.1) is 22.7 Å². The summed E-state index contributed by atoms with van der Waals surface area (Å²) in [5, 5.41) is 18.0. The van der Waals surface area contributed by atoms with E-state index in [2.05, 4.69) is 162 Å². The number of nitrogens with one attached hydrogen (secondary N) is 1. The van der Waals surface area contributed by atoms with Gasteiger partial charge in [-0.2, -0.15) is 5.26 Å². The molecule has 0 spiro atoms. The fourth-order valence-corrected chi connectivity index (χ4v) is 6.38. The highest BCUT2D eigenvalue weighted by molar-refractivity contribution is 6.10. The van der Waals surface area contributed by atoms with E-state index in [0.29, 0.717) is 5.56 Å². The summed E-state index contributed by atoms with van der Waals surface area (Å²) in [6.45, 7) is 0. The van der Waals surface area contributed by atoms with Crippen molar-refractivity contribution in [3.63, 3.8) is 0 Å². The molecular weight excluding hydrogens is 534 g/mol. The first-order chi connectivity index (χ1) is 21.8. The normalized spacial score (nSPS) is 11.2. The van der Waals surface area contributed by atoms with Crippen LogP contribution < -0.4 is 5.32 Å². The minimum absolute atomic E-state index is 0.651. The average molecular weight is 562 g/mol. The van der Waals surface area contributed by atoms with Crippen LogP contribution in [0.15, 0.2) is 158 Å². The summed E-state index contributed by atoms with van der Waals surface area (Å²) >= 11 is 0. The Morgan fingerprint density at radius 1 is 0.500 bits per heavy atom. The summed E-state index contributed by atoms with van der Waals surface area (Å²) in [7, 11) is 0. The first-order valence-electron chi connectivity index (χ1n) is 14.8. The number of fused-ring (bicyclic) bond motifs is 4. The van der Waals surface area contributed by atoms with E-state index in [1.165, 1.54) is 38.4 Å². The van der Waals surface area contributed by atoms with Crippen LogP contribution in [0, 0.1) is 11.3 Å². The number of hydrogen-bond donors (Lipinski definition) is 1. The summed E-state index contributed by atoms with van der Waals surface area (Å²) < 4.78 is 2.24. The van der Waals surface area contributed by atoms with Crippen LogP contribution in [0.25, 0.3) is 60.5 Å². The second-order valence-electron chi connectivity index (χ2n) is 11.0. The molecular formula is C41H27N3. The van der Waals surface area contributed by atoms with Gasteiger partial charge in [0.2, 0.25) is 0 Å². The fraction of sp³-hybridized carbons (Fsp3) is 0. The zero-order valence-electron chi connectivity index (χ0n) is 23.9. The van der Waals surface area contributed by atoms with E-state index < -0.39 is 0 Å². The van der Waals surface area contributed by atoms with Gasteiger partial charge in [0.15, 0.2) is 0 Å². The molecule has 0 saturated carbocycles. The van der Waals surface area contributed by atoms with Crippen molar-refractivity contribution in [2.75, 3.05) is 5.32 Å². The first-order valence-corrected chi connectivity index (χ1v) is 14.8. The van der Waals surface area contributed by atoms with Gasteiger partial charge >= 0.3 is 0 Å². The van der Waals surface area contributed by atoms with Crippen molar-refractivity contribution < 1.29 is 0 Å². The summed E-state index contributed by atoms with van der Waals surface area (Å²) in [6, 6.07) is 57.4. The molecule has 44 heavy (non-hydrogen) atoms. The molecule has 0 aliphatic carbocycles. The third-order valence-electron chi connectivity index (χ3n) is 8.38. The molecule has 0 amide bonds. The van der Waals surface area contributed by atoms with Gasteiger partial charge in [-0.05, 0) is 81.6 Å². The van der Waals surface area contributed by atoms with Crippen molar-refractivity contribution in [2.45, 2.75) is 0 Å². The summed E-state index contributed by atoms with van der Waals surface area (Å²) in [5.74, 6) is 0. The van der Waals surface area contributed by atoms with Crippen LogP contribution in [0.5, 0.6) is 0 Å². The van der Waals surface area contributed by atoms with Gasteiger partial charge < -0.3 is 9.88 Å². The lowest BCUT2D eigenvalue weighted by molar-refractivity contribution is 1.18. The summed E-state index contributed by atoms with van der Waals surface area (Å²) in [4.78, 5) is 0. The first kappa shape index (κ1) is 25.6. The molecule has 3 heteroatoms. The molecule has 8 rings (SSSR count). The standard InChI is InChI=1S/C41H27N3/c42-27-28-19-24-38-37-15-4-5-18-39(37)44(40(38)25-28)34-14-8-13-33(26-34)43-32-22-20-30(21-23-32)36-17-7-12-31-11-6-16-35(41(31)36)29-9-2-1-3-10-29/h1-26,43H. The molecule has 1 aromatic heterocycles. The largest absolute Gasteiger partial charge is 0.355 e. The number of nitrogens with zero attached hydrogens (tertiary/aromatic N) is 2. The van der Waals surface area contributed by atoms with Crippen molar-refractivity contribution >= 4 is 44.0 Å². The molecule has 0 bridgehead atoms. The minimum atomic E-state index is 0.651. The zero-order chi connectivity index (χ0) is 29.5. The molecule has 0 saturated heterocycles. The molecule has 0 aliphatic heterocycles. The molecule has 0 fully saturated rings. The quantitative estimate of drug-likeness (QED) is 0.227. The number of aromatic nitrogens is 1. The average Bonchev–Trinajstić information content (AvgIpc) is 3.42. The smallest absolute Gasteiger partial charge is 0.0992 e. The molecule has 0 aliphatic rings. The van der Waals surface area contributed by atoms with Gasteiger partial charge in [-0.25, -0.2) is 0 Å². The molecule has 1 heterocycles. The molecule has 8 aromatic rings. The van der Waals surface area contributed by atoms with Gasteiger partial charge in [0.1, 0.15) is 0 Å². The fourth-order valence-electron chi connectivity index (χ4n) is 6.38. The van der Waals surface area contributed by atoms with Gasteiger partial charge in [-0.15, -0.1) is 0 Å². The van der Waals surface area contributed by atoms with Gasteiger partial charge in [0, 0.05) is 27.8 Å². The second kappa shape index (κ2) is 10.6. The second-order valence-corrected chi connectivity index (χ2v) is 11.0. The molecule has 0 radical (unpaired) electrons. The molecule has 0 unspecified atom stereocenters. The summed E-state index contributed by atoms with van der Waals surface area (Å²) in [6.07, 6.45) is 0. The van der Waals surface area contributed by atoms with Crippen LogP contribution in [-0.4, -0.2) is 4.57 Å². The Labute approximate surface area is 255 Å². The Kier molecular flexibility index (Phi) is 6.18. The van der Waals surface area contributed by atoms with Gasteiger partial charge in [-0.3, -0.25) is 0 Å². The topological polar surface area (TPSA) is 40.8 Å². The number of rotatable bonds is 5. The van der Waals surface area contributed by atoms with E-state index in [1.807, 2.05) is 12.1 Å². The molecule has 0 atom stereocenters. The van der Waals surface area contributed by atoms with Crippen LogP contribution in [0.1, 0.15) is 5.56 Å². The molecule has 3 nitrogen and oxygen atoms in total. The highest BCUT2D eigenvalue weighted by Gasteiger charge is 2.14. The number of benzene rings is 7. The number of hydrogen-bond acceptors (Lipinski definition) is 2. The van der Waals surface area contributed by atoms with E-state index in [4.69, 9.17) is 0 Å². The SMILES string of the molecule is N#Cc1ccc2c3ccccc3n(-c3cccc(Nc4ccc(-c5cccc6cccc(-c7ccccc7)c56)cc4)c3)c2c1. The highest BCUT2D eigenvalue weighted by atomic mass is 15.0. The Morgan fingerprint density at radius 2 is 1.18 bits per heavy atom. The lowest BCUT2D eigenvalue weighted by atomic mass is 9.91. The van der Waals surface area contributed by atoms with Gasteiger partial charge in [-0.1, -0.05) is 109 Å². The minimum Gasteiger partial charge on any atom is -0.355 e. The lowest BCUT2D eigenvalue weighted by Gasteiger charge is -2.14. The van der Waals surface area contributed by atoms with Crippen LogP contribution in [0.2, 0.25) is 0 Å². The molecule has 206 valence electrons. The third-order valence-corrected chi connectivity index (χ3v) is 8.38. The van der Waals surface area contributed by atoms with Crippen LogP contribution in [-0.2, 0) is 0 Å². The number of anilines is 2. The molecule has 7 aromatic carbocycles. The highest BCUT2D eigenvalue weighted by Crippen LogP contribution is 2.37. The van der Waals surface area contributed by atoms with Crippen molar-refractivity contribution in [2.24, 2.45) is 0 Å². The van der Waals surface area contributed by atoms with E-state index in [-0.39, 0.29) is 0 Å². The Hall–Kier alpha value is -6.11. The Balaban J connectivity index is 1.15.